The molecule has 2 N–H and O–H groups in total. The Morgan fingerprint density at radius 3 is 2.64 bits per heavy atom. The van der Waals surface area contributed by atoms with Gasteiger partial charge in [-0.1, -0.05) is 24.3 Å². The highest BCUT2D eigenvalue weighted by Crippen LogP contribution is 2.33. The summed E-state index contributed by atoms with van der Waals surface area (Å²) in [7, 11) is 1.75. The molecule has 114 valence electrons. The normalized spacial score (nSPS) is 13.5. The summed E-state index contributed by atoms with van der Waals surface area (Å²) in [6.07, 6.45) is 0. The highest BCUT2D eigenvalue weighted by Gasteiger charge is 2.22. The number of amides is 1. The molecule has 0 atom stereocenters. The molecule has 0 unspecified atom stereocenters. The minimum absolute atomic E-state index is 0.0516. The third kappa shape index (κ3) is 2.89. The predicted octanol–water partition coefficient (Wildman–Crippen LogP) is 2.15. The number of carbonyl (C=O) groups excluding carboxylic acids is 1. The van der Waals surface area contributed by atoms with E-state index in [1.807, 2.05) is 42.5 Å². The van der Waals surface area contributed by atoms with Gasteiger partial charge in [-0.3, -0.25) is 4.79 Å². The van der Waals surface area contributed by atoms with Gasteiger partial charge in [0.15, 0.2) is 6.61 Å². The fraction of sp³-hybridized carbons (Fsp3) is 0.235. The number of carbonyl (C=O) groups is 1. The quantitative estimate of drug-likeness (QED) is 0.908. The van der Waals surface area contributed by atoms with Gasteiger partial charge in [-0.2, -0.15) is 0 Å². The van der Waals surface area contributed by atoms with Crippen LogP contribution in [0, 0.1) is 0 Å². The minimum Gasteiger partial charge on any atom is -0.482 e. The van der Waals surface area contributed by atoms with Gasteiger partial charge in [-0.05, 0) is 29.3 Å². The fourth-order valence-electron chi connectivity index (χ4n) is 2.35. The number of nitrogens with one attached hydrogen (secondary N) is 1. The number of hydrogen-bond donors (Lipinski definition) is 2. The second kappa shape index (κ2) is 6.07. The summed E-state index contributed by atoms with van der Waals surface area (Å²) >= 11 is 0. The van der Waals surface area contributed by atoms with Crippen molar-refractivity contribution in [2.24, 2.45) is 0 Å². The van der Waals surface area contributed by atoms with Crippen LogP contribution in [0.15, 0.2) is 42.5 Å². The molecule has 1 aliphatic rings. The van der Waals surface area contributed by atoms with Crippen molar-refractivity contribution in [3.05, 3.63) is 53.6 Å². The molecule has 0 fully saturated rings. The summed E-state index contributed by atoms with van der Waals surface area (Å²) in [6, 6.07) is 13.5. The van der Waals surface area contributed by atoms with E-state index in [1.165, 1.54) is 0 Å². The van der Waals surface area contributed by atoms with Gasteiger partial charge in [0.25, 0.3) is 5.91 Å². The average Bonchev–Trinajstić information content (AvgIpc) is 2.57. The Hall–Kier alpha value is -2.53. The Morgan fingerprint density at radius 2 is 1.91 bits per heavy atom. The van der Waals surface area contributed by atoms with Crippen LogP contribution in [-0.2, 0) is 17.9 Å². The summed E-state index contributed by atoms with van der Waals surface area (Å²) in [5.74, 6) is 0.671. The van der Waals surface area contributed by atoms with Crippen LogP contribution >= 0.6 is 0 Å². The summed E-state index contributed by atoms with van der Waals surface area (Å²) in [6.45, 7) is 0.815. The number of fused-ring (bicyclic) bond motifs is 1. The molecule has 22 heavy (non-hydrogen) atoms. The zero-order chi connectivity index (χ0) is 15.5. The van der Waals surface area contributed by atoms with Crippen molar-refractivity contribution in [2.45, 2.75) is 13.2 Å². The van der Waals surface area contributed by atoms with E-state index in [1.54, 1.807) is 11.9 Å². The zero-order valence-corrected chi connectivity index (χ0v) is 12.4. The van der Waals surface area contributed by atoms with Gasteiger partial charge < -0.3 is 20.1 Å². The summed E-state index contributed by atoms with van der Waals surface area (Å²) in [4.78, 5) is 13.3. The van der Waals surface area contributed by atoms with Crippen LogP contribution < -0.4 is 15.0 Å². The fourth-order valence-corrected chi connectivity index (χ4v) is 2.35. The number of nitrogens with zero attached hydrogens (tertiary/aromatic N) is 1. The lowest BCUT2D eigenvalue weighted by Crippen LogP contribution is -2.35. The number of ether oxygens (including phenoxy) is 1. The molecular weight excluding hydrogens is 280 g/mol. The van der Waals surface area contributed by atoms with E-state index in [0.29, 0.717) is 6.54 Å². The molecule has 0 radical (unpaired) electrons. The van der Waals surface area contributed by atoms with E-state index in [9.17, 15) is 4.79 Å². The smallest absolute Gasteiger partial charge is 0.264 e. The Balaban J connectivity index is 1.71. The number of hydrogen-bond acceptors (Lipinski definition) is 4. The molecule has 0 bridgehead atoms. The zero-order valence-electron chi connectivity index (χ0n) is 12.4. The van der Waals surface area contributed by atoms with Crippen LogP contribution in [0.4, 0.5) is 11.4 Å². The van der Waals surface area contributed by atoms with Crippen LogP contribution in [0.1, 0.15) is 11.1 Å². The highest BCUT2D eigenvalue weighted by atomic mass is 16.5. The van der Waals surface area contributed by atoms with E-state index in [4.69, 9.17) is 9.84 Å². The number of benzene rings is 2. The number of aliphatic hydroxyl groups is 1. The van der Waals surface area contributed by atoms with Crippen molar-refractivity contribution in [3.8, 4) is 5.75 Å². The van der Waals surface area contributed by atoms with Gasteiger partial charge in [-0.15, -0.1) is 0 Å². The van der Waals surface area contributed by atoms with E-state index in [-0.39, 0.29) is 19.1 Å². The SMILES string of the molecule is CN1C(=O)COc2ccc(NCc3ccc(CO)cc3)cc21. The third-order valence-electron chi connectivity index (χ3n) is 3.75. The van der Waals surface area contributed by atoms with Gasteiger partial charge in [0.05, 0.1) is 12.3 Å². The predicted molar refractivity (Wildman–Crippen MR) is 85.0 cm³/mol. The van der Waals surface area contributed by atoms with Crippen LogP contribution in [0.5, 0.6) is 5.75 Å². The highest BCUT2D eigenvalue weighted by molar-refractivity contribution is 5.97. The minimum atomic E-state index is -0.0516. The topological polar surface area (TPSA) is 61.8 Å². The molecule has 0 aromatic heterocycles. The van der Waals surface area contributed by atoms with Crippen molar-refractivity contribution in [3.63, 3.8) is 0 Å². The second-order valence-electron chi connectivity index (χ2n) is 5.25. The maximum atomic E-state index is 11.7. The molecular formula is C17H18N2O3. The van der Waals surface area contributed by atoms with Crippen molar-refractivity contribution >= 4 is 17.3 Å². The van der Waals surface area contributed by atoms with Crippen LogP contribution in [-0.4, -0.2) is 24.7 Å². The molecule has 1 amide bonds. The lowest BCUT2D eigenvalue weighted by molar-refractivity contribution is -0.120. The molecule has 5 heteroatoms. The summed E-state index contributed by atoms with van der Waals surface area (Å²) < 4.78 is 5.41. The Bertz CT molecular complexity index is 683. The first-order valence-electron chi connectivity index (χ1n) is 7.13. The number of rotatable bonds is 4. The van der Waals surface area contributed by atoms with Gasteiger partial charge >= 0.3 is 0 Å². The van der Waals surface area contributed by atoms with Crippen molar-refractivity contribution in [1.82, 2.24) is 0 Å². The van der Waals surface area contributed by atoms with Gasteiger partial charge in [-0.25, -0.2) is 0 Å². The molecule has 2 aromatic rings. The van der Waals surface area contributed by atoms with E-state index in [2.05, 4.69) is 5.32 Å². The maximum absolute atomic E-state index is 11.7. The Morgan fingerprint density at radius 1 is 1.18 bits per heavy atom. The monoisotopic (exact) mass is 298 g/mol. The van der Waals surface area contributed by atoms with Gasteiger partial charge in [0.1, 0.15) is 5.75 Å². The van der Waals surface area contributed by atoms with Gasteiger partial charge in [0, 0.05) is 19.3 Å². The van der Waals surface area contributed by atoms with E-state index >= 15 is 0 Å². The van der Waals surface area contributed by atoms with Crippen molar-refractivity contribution in [1.29, 1.82) is 0 Å². The second-order valence-corrected chi connectivity index (χ2v) is 5.25. The molecule has 0 saturated heterocycles. The molecule has 0 aliphatic carbocycles. The molecule has 3 rings (SSSR count). The van der Waals surface area contributed by atoms with E-state index in [0.717, 1.165) is 28.3 Å². The van der Waals surface area contributed by atoms with Gasteiger partial charge in [0.2, 0.25) is 0 Å². The van der Waals surface area contributed by atoms with Crippen molar-refractivity contribution < 1.29 is 14.6 Å². The van der Waals surface area contributed by atoms with Crippen molar-refractivity contribution in [2.75, 3.05) is 23.9 Å². The number of likely N-dealkylation sites (N-methyl/N-ethyl adjacent to an activating group) is 1. The van der Waals surface area contributed by atoms with Crippen LogP contribution in [0.25, 0.3) is 0 Å². The third-order valence-corrected chi connectivity index (χ3v) is 3.75. The Kier molecular flexibility index (Phi) is 3.98. The first kappa shape index (κ1) is 14.4. The maximum Gasteiger partial charge on any atom is 0.264 e. The standard InChI is InChI=1S/C17H18N2O3/c1-19-15-8-14(6-7-16(15)22-11-17(19)21)18-9-12-2-4-13(10-20)5-3-12/h2-8,18,20H,9-11H2,1H3. The molecule has 0 saturated carbocycles. The molecule has 1 heterocycles. The van der Waals surface area contributed by atoms with E-state index < -0.39 is 0 Å². The van der Waals surface area contributed by atoms with Crippen LogP contribution in [0.2, 0.25) is 0 Å². The average molecular weight is 298 g/mol. The summed E-state index contributed by atoms with van der Waals surface area (Å²) in [5.41, 5.74) is 3.72. The lowest BCUT2D eigenvalue weighted by Gasteiger charge is -2.26. The first-order valence-corrected chi connectivity index (χ1v) is 7.13. The molecule has 5 nitrogen and oxygen atoms in total. The summed E-state index contributed by atoms with van der Waals surface area (Å²) in [5, 5.41) is 12.4. The number of anilines is 2. The number of aliphatic hydroxyl groups excluding tert-OH is 1. The first-order chi connectivity index (χ1) is 10.7. The Labute approximate surface area is 129 Å². The largest absolute Gasteiger partial charge is 0.482 e. The molecule has 2 aromatic carbocycles. The molecule has 1 aliphatic heterocycles. The molecule has 0 spiro atoms. The van der Waals surface area contributed by atoms with Crippen LogP contribution in [0.3, 0.4) is 0 Å². The lowest BCUT2D eigenvalue weighted by atomic mass is 10.1.